The second-order valence-electron chi connectivity index (χ2n) is 4.40. The van der Waals surface area contributed by atoms with Crippen LogP contribution in [0.2, 0.25) is 0 Å². The van der Waals surface area contributed by atoms with Crippen LogP contribution in [0.5, 0.6) is 0 Å². The molecule has 0 saturated heterocycles. The topological polar surface area (TPSA) is 50.3 Å². The van der Waals surface area contributed by atoms with E-state index in [0.717, 1.165) is 15.9 Å². The molecule has 1 heterocycles. The normalized spacial score (nSPS) is 13.4. The Balaban J connectivity index is 2.38. The molecule has 0 amide bonds. The van der Waals surface area contributed by atoms with Crippen molar-refractivity contribution in [3.8, 4) is 0 Å². The van der Waals surface area contributed by atoms with Gasteiger partial charge in [0.1, 0.15) is 0 Å². The van der Waals surface area contributed by atoms with Crippen LogP contribution >= 0.6 is 0 Å². The second kappa shape index (κ2) is 5.68. The first kappa shape index (κ1) is 14.6. The highest BCUT2D eigenvalue weighted by atomic mass is 32.2. The smallest absolute Gasteiger partial charge is 0.241 e. The number of rotatable bonds is 4. The fraction of sp³-hybridized carbons (Fsp3) is 0.214. The van der Waals surface area contributed by atoms with Crippen molar-refractivity contribution < 1.29 is 12.8 Å². The SMILES string of the molecule is CC(c1ccccc1)N(C)S(=O)(=O)c1ncccc1F. The zero-order valence-electron chi connectivity index (χ0n) is 11.2. The van der Waals surface area contributed by atoms with E-state index in [0.29, 0.717) is 0 Å². The van der Waals surface area contributed by atoms with E-state index >= 15 is 0 Å². The summed E-state index contributed by atoms with van der Waals surface area (Å²) in [5.41, 5.74) is 0.829. The summed E-state index contributed by atoms with van der Waals surface area (Å²) in [5, 5.41) is -0.551. The third-order valence-electron chi connectivity index (χ3n) is 3.18. The number of nitrogens with zero attached hydrogens (tertiary/aromatic N) is 2. The molecule has 6 heteroatoms. The maximum absolute atomic E-state index is 13.6. The lowest BCUT2D eigenvalue weighted by molar-refractivity contribution is 0.392. The van der Waals surface area contributed by atoms with E-state index in [1.807, 2.05) is 30.3 Å². The van der Waals surface area contributed by atoms with Gasteiger partial charge in [0.15, 0.2) is 5.82 Å². The molecular formula is C14H15FN2O2S. The summed E-state index contributed by atoms with van der Waals surface area (Å²) in [6, 6.07) is 11.2. The highest BCUT2D eigenvalue weighted by molar-refractivity contribution is 7.89. The highest BCUT2D eigenvalue weighted by Crippen LogP contribution is 2.25. The fourth-order valence-corrected chi connectivity index (χ4v) is 3.17. The van der Waals surface area contributed by atoms with Gasteiger partial charge < -0.3 is 0 Å². The van der Waals surface area contributed by atoms with Gasteiger partial charge in [0.05, 0.1) is 0 Å². The van der Waals surface area contributed by atoms with E-state index in [2.05, 4.69) is 4.98 Å². The predicted octanol–water partition coefficient (Wildman–Crippen LogP) is 2.60. The number of hydrogen-bond donors (Lipinski definition) is 0. The summed E-state index contributed by atoms with van der Waals surface area (Å²) in [6.45, 7) is 1.74. The first-order chi connectivity index (χ1) is 9.44. The predicted molar refractivity (Wildman–Crippen MR) is 74.0 cm³/mol. The van der Waals surface area contributed by atoms with E-state index in [-0.39, 0.29) is 0 Å². The molecule has 1 aromatic heterocycles. The molecule has 0 fully saturated rings. The van der Waals surface area contributed by atoms with E-state index in [1.165, 1.54) is 19.3 Å². The number of halogens is 1. The molecule has 2 rings (SSSR count). The summed E-state index contributed by atoms with van der Waals surface area (Å²) < 4.78 is 39.5. The van der Waals surface area contributed by atoms with Crippen LogP contribution < -0.4 is 0 Å². The van der Waals surface area contributed by atoms with Crippen molar-refractivity contribution in [1.82, 2.24) is 9.29 Å². The minimum atomic E-state index is -3.97. The standard InChI is InChI=1S/C14H15FN2O2S/c1-11(12-7-4-3-5-8-12)17(2)20(18,19)14-13(15)9-6-10-16-14/h3-11H,1-2H3. The molecule has 0 aliphatic carbocycles. The third-order valence-corrected chi connectivity index (χ3v) is 5.04. The van der Waals surface area contributed by atoms with Crippen LogP contribution in [-0.4, -0.2) is 24.8 Å². The molecule has 1 aromatic carbocycles. The zero-order valence-corrected chi connectivity index (χ0v) is 12.0. The van der Waals surface area contributed by atoms with Crippen molar-refractivity contribution in [2.45, 2.75) is 18.0 Å². The van der Waals surface area contributed by atoms with E-state index in [9.17, 15) is 12.8 Å². The van der Waals surface area contributed by atoms with Crippen molar-refractivity contribution in [3.05, 3.63) is 60.0 Å². The second-order valence-corrected chi connectivity index (χ2v) is 6.31. The molecule has 0 aliphatic rings. The molecule has 2 aromatic rings. The molecule has 0 saturated carbocycles. The minimum Gasteiger partial charge on any atom is -0.241 e. The summed E-state index contributed by atoms with van der Waals surface area (Å²) in [4.78, 5) is 3.64. The Morgan fingerprint density at radius 1 is 1.15 bits per heavy atom. The van der Waals surface area contributed by atoms with Crippen LogP contribution in [0.15, 0.2) is 53.7 Å². The van der Waals surface area contributed by atoms with Gasteiger partial charge >= 0.3 is 0 Å². The number of hydrogen-bond acceptors (Lipinski definition) is 3. The molecule has 1 unspecified atom stereocenters. The van der Waals surface area contributed by atoms with Gasteiger partial charge in [-0.05, 0) is 24.6 Å². The van der Waals surface area contributed by atoms with Crippen LogP contribution in [0.25, 0.3) is 0 Å². The maximum atomic E-state index is 13.6. The van der Waals surface area contributed by atoms with Gasteiger partial charge in [-0.15, -0.1) is 0 Å². The summed E-state index contributed by atoms with van der Waals surface area (Å²) in [5.74, 6) is -0.848. The Morgan fingerprint density at radius 2 is 1.80 bits per heavy atom. The van der Waals surface area contributed by atoms with Crippen LogP contribution in [0.1, 0.15) is 18.5 Å². The van der Waals surface area contributed by atoms with E-state index in [4.69, 9.17) is 0 Å². The average molecular weight is 294 g/mol. The summed E-state index contributed by atoms with van der Waals surface area (Å²) >= 11 is 0. The number of aromatic nitrogens is 1. The van der Waals surface area contributed by atoms with Crippen molar-refractivity contribution in [2.24, 2.45) is 0 Å². The molecule has 0 bridgehead atoms. The lowest BCUT2D eigenvalue weighted by atomic mass is 10.1. The molecular weight excluding hydrogens is 279 g/mol. The monoisotopic (exact) mass is 294 g/mol. The largest absolute Gasteiger partial charge is 0.263 e. The lowest BCUT2D eigenvalue weighted by Gasteiger charge is -2.24. The Kier molecular flexibility index (Phi) is 4.15. The van der Waals surface area contributed by atoms with Crippen LogP contribution in [0.3, 0.4) is 0 Å². The number of benzene rings is 1. The molecule has 0 spiro atoms. The van der Waals surface area contributed by atoms with Gasteiger partial charge in [0, 0.05) is 19.3 Å². The zero-order chi connectivity index (χ0) is 14.8. The fourth-order valence-electron chi connectivity index (χ4n) is 1.85. The Bertz CT molecular complexity index is 689. The van der Waals surface area contributed by atoms with Crippen molar-refractivity contribution in [3.63, 3.8) is 0 Å². The Hall–Kier alpha value is -1.79. The minimum absolute atomic E-state index is 0.414. The molecule has 106 valence electrons. The van der Waals surface area contributed by atoms with Crippen LogP contribution in [-0.2, 0) is 10.0 Å². The van der Waals surface area contributed by atoms with Gasteiger partial charge in [-0.2, -0.15) is 4.31 Å². The molecule has 4 nitrogen and oxygen atoms in total. The van der Waals surface area contributed by atoms with Crippen LogP contribution in [0, 0.1) is 5.82 Å². The summed E-state index contributed by atoms with van der Waals surface area (Å²) in [7, 11) is -2.55. The molecule has 20 heavy (non-hydrogen) atoms. The number of sulfonamides is 1. The first-order valence-corrected chi connectivity index (χ1v) is 7.52. The van der Waals surface area contributed by atoms with Crippen LogP contribution in [0.4, 0.5) is 4.39 Å². The van der Waals surface area contributed by atoms with Crippen molar-refractivity contribution in [1.29, 1.82) is 0 Å². The number of pyridine rings is 1. The molecule has 1 atom stereocenters. The van der Waals surface area contributed by atoms with E-state index in [1.54, 1.807) is 6.92 Å². The van der Waals surface area contributed by atoms with Gasteiger partial charge in [-0.1, -0.05) is 30.3 Å². The first-order valence-electron chi connectivity index (χ1n) is 6.08. The maximum Gasteiger partial charge on any atom is 0.263 e. The van der Waals surface area contributed by atoms with Gasteiger partial charge in [-0.25, -0.2) is 17.8 Å². The van der Waals surface area contributed by atoms with E-state index < -0.39 is 26.9 Å². The molecule has 0 radical (unpaired) electrons. The van der Waals surface area contributed by atoms with Gasteiger partial charge in [-0.3, -0.25) is 0 Å². The summed E-state index contributed by atoms with van der Waals surface area (Å²) in [6.07, 6.45) is 1.26. The highest BCUT2D eigenvalue weighted by Gasteiger charge is 2.29. The van der Waals surface area contributed by atoms with Gasteiger partial charge in [0.25, 0.3) is 10.0 Å². The van der Waals surface area contributed by atoms with Crippen molar-refractivity contribution >= 4 is 10.0 Å². The Labute approximate surface area is 117 Å². The van der Waals surface area contributed by atoms with Crippen molar-refractivity contribution in [2.75, 3.05) is 7.05 Å². The third kappa shape index (κ3) is 2.71. The Morgan fingerprint density at radius 3 is 2.40 bits per heavy atom. The quantitative estimate of drug-likeness (QED) is 0.871. The molecule has 0 N–H and O–H groups in total. The van der Waals surface area contributed by atoms with Gasteiger partial charge in [0.2, 0.25) is 5.03 Å². The lowest BCUT2D eigenvalue weighted by Crippen LogP contribution is -2.31. The average Bonchev–Trinajstić information content (AvgIpc) is 2.47. The molecule has 0 aliphatic heterocycles.